The van der Waals surface area contributed by atoms with Gasteiger partial charge >= 0.3 is 0 Å². The first-order valence-corrected chi connectivity index (χ1v) is 4.58. The minimum atomic E-state index is -0.142. The summed E-state index contributed by atoms with van der Waals surface area (Å²) >= 11 is 0. The number of carbonyl (C=O) groups is 1. The molecule has 3 heteroatoms. The summed E-state index contributed by atoms with van der Waals surface area (Å²) in [5, 5.41) is 5.89. The van der Waals surface area contributed by atoms with Gasteiger partial charge in [-0.05, 0) is 33.7 Å². The second kappa shape index (κ2) is 5.75. The molecular weight excluding hydrogens is 164 g/mol. The molecule has 0 aliphatic carbocycles. The number of rotatable bonds is 5. The van der Waals surface area contributed by atoms with Crippen LogP contribution in [0.25, 0.3) is 0 Å². The number of amides is 1. The summed E-state index contributed by atoms with van der Waals surface area (Å²) in [5.41, 5.74) is -0.142. The quantitative estimate of drug-likeness (QED) is 0.495. The molecule has 0 atom stereocenters. The smallest absolute Gasteiger partial charge is 0.234 e. The SMILES string of the molecule is C=CCCNCC(=O)NC(C)(C)C. The van der Waals surface area contributed by atoms with Crippen LogP contribution in [0.3, 0.4) is 0 Å². The molecule has 0 unspecified atom stereocenters. The molecule has 13 heavy (non-hydrogen) atoms. The number of hydrogen-bond acceptors (Lipinski definition) is 2. The number of carbonyl (C=O) groups excluding carboxylic acids is 1. The van der Waals surface area contributed by atoms with Crippen LogP contribution in [0.5, 0.6) is 0 Å². The molecule has 0 aromatic rings. The first kappa shape index (κ1) is 12.2. The third kappa shape index (κ3) is 9.08. The fraction of sp³-hybridized carbons (Fsp3) is 0.700. The van der Waals surface area contributed by atoms with E-state index in [9.17, 15) is 4.79 Å². The third-order valence-electron chi connectivity index (χ3n) is 1.33. The van der Waals surface area contributed by atoms with E-state index in [2.05, 4.69) is 17.2 Å². The van der Waals surface area contributed by atoms with Crippen molar-refractivity contribution >= 4 is 5.91 Å². The van der Waals surface area contributed by atoms with Crippen LogP contribution in [0.1, 0.15) is 27.2 Å². The van der Waals surface area contributed by atoms with E-state index in [1.165, 1.54) is 0 Å². The standard InChI is InChI=1S/C10H20N2O/c1-5-6-7-11-8-9(13)12-10(2,3)4/h5,11H,1,6-8H2,2-4H3,(H,12,13). The monoisotopic (exact) mass is 184 g/mol. The van der Waals surface area contributed by atoms with E-state index in [0.29, 0.717) is 6.54 Å². The Morgan fingerprint density at radius 2 is 2.08 bits per heavy atom. The van der Waals surface area contributed by atoms with Gasteiger partial charge in [0.05, 0.1) is 6.54 Å². The first-order chi connectivity index (χ1) is 5.95. The van der Waals surface area contributed by atoms with Crippen molar-refractivity contribution < 1.29 is 4.79 Å². The molecular formula is C10H20N2O. The predicted octanol–water partition coefficient (Wildman–Crippen LogP) is 1.07. The van der Waals surface area contributed by atoms with Crippen molar-refractivity contribution in [2.75, 3.05) is 13.1 Å². The Bertz CT molecular complexity index is 170. The van der Waals surface area contributed by atoms with Crippen LogP contribution in [0, 0.1) is 0 Å². The van der Waals surface area contributed by atoms with Gasteiger partial charge in [-0.3, -0.25) is 4.79 Å². The Kier molecular flexibility index (Phi) is 5.39. The predicted molar refractivity (Wildman–Crippen MR) is 55.6 cm³/mol. The molecule has 0 aliphatic heterocycles. The molecule has 0 saturated heterocycles. The van der Waals surface area contributed by atoms with Crippen molar-refractivity contribution in [2.24, 2.45) is 0 Å². The van der Waals surface area contributed by atoms with E-state index in [0.717, 1.165) is 13.0 Å². The molecule has 2 N–H and O–H groups in total. The van der Waals surface area contributed by atoms with Gasteiger partial charge in [0.2, 0.25) is 5.91 Å². The molecule has 3 nitrogen and oxygen atoms in total. The van der Waals surface area contributed by atoms with Crippen molar-refractivity contribution in [1.29, 1.82) is 0 Å². The van der Waals surface area contributed by atoms with Crippen LogP contribution >= 0.6 is 0 Å². The highest BCUT2D eigenvalue weighted by molar-refractivity contribution is 5.78. The lowest BCUT2D eigenvalue weighted by Crippen LogP contribution is -2.44. The van der Waals surface area contributed by atoms with E-state index in [1.807, 2.05) is 26.8 Å². The maximum absolute atomic E-state index is 11.2. The highest BCUT2D eigenvalue weighted by Crippen LogP contribution is 1.96. The molecule has 76 valence electrons. The minimum Gasteiger partial charge on any atom is -0.350 e. The zero-order chi connectivity index (χ0) is 10.3. The van der Waals surface area contributed by atoms with E-state index in [1.54, 1.807) is 0 Å². The van der Waals surface area contributed by atoms with Crippen molar-refractivity contribution in [1.82, 2.24) is 10.6 Å². The van der Waals surface area contributed by atoms with Crippen molar-refractivity contribution in [3.8, 4) is 0 Å². The summed E-state index contributed by atoms with van der Waals surface area (Å²) in [7, 11) is 0. The van der Waals surface area contributed by atoms with Crippen LogP contribution < -0.4 is 10.6 Å². The van der Waals surface area contributed by atoms with Crippen molar-refractivity contribution in [3.63, 3.8) is 0 Å². The van der Waals surface area contributed by atoms with Gasteiger partial charge < -0.3 is 10.6 Å². The lowest BCUT2D eigenvalue weighted by Gasteiger charge is -2.20. The number of hydrogen-bond donors (Lipinski definition) is 2. The van der Waals surface area contributed by atoms with Gasteiger partial charge in [0.15, 0.2) is 0 Å². The Morgan fingerprint density at radius 1 is 1.46 bits per heavy atom. The summed E-state index contributed by atoms with van der Waals surface area (Å²) in [5.74, 6) is 0.0385. The lowest BCUT2D eigenvalue weighted by atomic mass is 10.1. The van der Waals surface area contributed by atoms with E-state index in [4.69, 9.17) is 0 Å². The van der Waals surface area contributed by atoms with Gasteiger partial charge in [0.25, 0.3) is 0 Å². The van der Waals surface area contributed by atoms with Crippen molar-refractivity contribution in [3.05, 3.63) is 12.7 Å². The highest BCUT2D eigenvalue weighted by Gasteiger charge is 2.12. The highest BCUT2D eigenvalue weighted by atomic mass is 16.2. The summed E-state index contributed by atoms with van der Waals surface area (Å²) in [6, 6.07) is 0. The summed E-state index contributed by atoms with van der Waals surface area (Å²) in [6.45, 7) is 10.7. The largest absolute Gasteiger partial charge is 0.350 e. The zero-order valence-corrected chi connectivity index (χ0v) is 8.81. The average molecular weight is 184 g/mol. The fourth-order valence-electron chi connectivity index (χ4n) is 0.868. The Hall–Kier alpha value is -0.830. The van der Waals surface area contributed by atoms with Gasteiger partial charge in [-0.2, -0.15) is 0 Å². The van der Waals surface area contributed by atoms with E-state index >= 15 is 0 Å². The molecule has 0 rings (SSSR count). The van der Waals surface area contributed by atoms with Crippen LogP contribution in [-0.2, 0) is 4.79 Å². The molecule has 0 aliphatic rings. The van der Waals surface area contributed by atoms with Gasteiger partial charge in [0, 0.05) is 5.54 Å². The second-order valence-electron chi connectivity index (χ2n) is 4.05. The van der Waals surface area contributed by atoms with E-state index < -0.39 is 0 Å². The summed E-state index contributed by atoms with van der Waals surface area (Å²) in [4.78, 5) is 11.2. The summed E-state index contributed by atoms with van der Waals surface area (Å²) in [6.07, 6.45) is 2.72. The molecule has 0 fully saturated rings. The Balaban J connectivity index is 3.47. The Morgan fingerprint density at radius 3 is 2.54 bits per heavy atom. The zero-order valence-electron chi connectivity index (χ0n) is 8.81. The van der Waals surface area contributed by atoms with Crippen LogP contribution in [0.4, 0.5) is 0 Å². The van der Waals surface area contributed by atoms with Crippen LogP contribution in [0.2, 0.25) is 0 Å². The van der Waals surface area contributed by atoms with Gasteiger partial charge in [-0.1, -0.05) is 6.08 Å². The molecule has 0 aromatic carbocycles. The maximum atomic E-state index is 11.2. The summed E-state index contributed by atoms with van der Waals surface area (Å²) < 4.78 is 0. The van der Waals surface area contributed by atoms with Crippen molar-refractivity contribution in [2.45, 2.75) is 32.7 Å². The van der Waals surface area contributed by atoms with Gasteiger partial charge in [-0.15, -0.1) is 6.58 Å². The molecule has 0 spiro atoms. The van der Waals surface area contributed by atoms with Crippen LogP contribution in [-0.4, -0.2) is 24.5 Å². The molecule has 0 aromatic heterocycles. The maximum Gasteiger partial charge on any atom is 0.234 e. The van der Waals surface area contributed by atoms with Gasteiger partial charge in [0.1, 0.15) is 0 Å². The minimum absolute atomic E-state index is 0.0385. The molecule has 1 amide bonds. The molecule has 0 radical (unpaired) electrons. The van der Waals surface area contributed by atoms with Gasteiger partial charge in [-0.25, -0.2) is 0 Å². The average Bonchev–Trinajstić information content (AvgIpc) is 1.94. The topological polar surface area (TPSA) is 41.1 Å². The molecule has 0 heterocycles. The molecule has 0 saturated carbocycles. The Labute approximate surface area is 80.6 Å². The number of nitrogens with one attached hydrogen (secondary N) is 2. The van der Waals surface area contributed by atoms with Crippen LogP contribution in [0.15, 0.2) is 12.7 Å². The van der Waals surface area contributed by atoms with E-state index in [-0.39, 0.29) is 11.4 Å². The fourth-order valence-corrected chi connectivity index (χ4v) is 0.868. The normalized spacial score (nSPS) is 11.0. The lowest BCUT2D eigenvalue weighted by molar-refractivity contribution is -0.121. The first-order valence-electron chi connectivity index (χ1n) is 4.58. The second-order valence-corrected chi connectivity index (χ2v) is 4.05. The third-order valence-corrected chi connectivity index (χ3v) is 1.33. The molecule has 0 bridgehead atoms.